The normalized spacial score (nSPS) is 11.9. The van der Waals surface area contributed by atoms with E-state index in [0.29, 0.717) is 32.2 Å². The lowest BCUT2D eigenvalue weighted by atomic mass is 10.0. The highest BCUT2D eigenvalue weighted by atomic mass is 79.9. The van der Waals surface area contributed by atoms with Crippen molar-refractivity contribution in [3.05, 3.63) is 104 Å². The van der Waals surface area contributed by atoms with Crippen LogP contribution < -0.4 is 9.44 Å². The molecular weight excluding hydrogens is 848 g/mol. The fourth-order valence-electron chi connectivity index (χ4n) is 4.49. The van der Waals surface area contributed by atoms with E-state index in [1.807, 2.05) is 36.4 Å². The number of rotatable bonds is 10. The minimum absolute atomic E-state index is 0.0775. The number of aromatic nitrogens is 2. The largest absolute Gasteiger partial charge is 0.336 e. The van der Waals surface area contributed by atoms with Crippen LogP contribution in [0.25, 0.3) is 20.9 Å². The van der Waals surface area contributed by atoms with E-state index in [9.17, 15) is 16.8 Å². The third-order valence-corrected chi connectivity index (χ3v) is 15.2. The number of hydrogen-bond donors (Lipinski definition) is 2. The van der Waals surface area contributed by atoms with E-state index in [1.54, 1.807) is 26.0 Å². The maximum atomic E-state index is 12.5. The van der Waals surface area contributed by atoms with Crippen molar-refractivity contribution >= 4 is 86.3 Å². The molecule has 16 heteroatoms. The van der Waals surface area contributed by atoms with Crippen molar-refractivity contribution in [1.29, 1.82) is 0 Å². The molecule has 0 radical (unpaired) electrons. The molecule has 0 aliphatic rings. The van der Waals surface area contributed by atoms with Crippen LogP contribution in [0.3, 0.4) is 0 Å². The van der Waals surface area contributed by atoms with Gasteiger partial charge >= 0.3 is 0 Å². The van der Waals surface area contributed by atoms with Gasteiger partial charge in [0.2, 0.25) is 0 Å². The number of nitrogens with one attached hydrogen (secondary N) is 2. The zero-order valence-corrected chi connectivity index (χ0v) is 34.3. The molecule has 4 aromatic heterocycles. The van der Waals surface area contributed by atoms with Gasteiger partial charge in [0.15, 0.2) is 0 Å². The van der Waals surface area contributed by atoms with Crippen LogP contribution in [0.5, 0.6) is 0 Å². The number of nitrogens with zero attached hydrogens (tertiary/aromatic N) is 2. The first-order valence-electron chi connectivity index (χ1n) is 15.2. The van der Waals surface area contributed by atoms with Crippen molar-refractivity contribution in [3.63, 3.8) is 0 Å². The van der Waals surface area contributed by atoms with Crippen molar-refractivity contribution in [2.75, 3.05) is 9.44 Å². The summed E-state index contributed by atoms with van der Waals surface area (Å²) in [7, 11) is -7.45. The predicted molar refractivity (Wildman–Crippen MR) is 207 cm³/mol. The standard InChI is InChI=1S/2C17H17BrN2O3S2/c2*1-10(2)12-4-6-13(7-5-12)14-8-9-15(24-14)25(21,22)20-17-16(18)11(3)19-23-17/h2*4-10,20H,1-3H3. The molecule has 0 unspecified atom stereocenters. The van der Waals surface area contributed by atoms with Gasteiger partial charge in [0.25, 0.3) is 31.8 Å². The highest BCUT2D eigenvalue weighted by Crippen LogP contribution is 2.36. The molecule has 6 rings (SSSR count). The lowest BCUT2D eigenvalue weighted by Gasteiger charge is -2.05. The van der Waals surface area contributed by atoms with Crippen LogP contribution in [0.2, 0.25) is 0 Å². The van der Waals surface area contributed by atoms with E-state index in [1.165, 1.54) is 33.8 Å². The second-order valence-corrected chi connectivity index (χ2v) is 19.4. The maximum absolute atomic E-state index is 12.5. The maximum Gasteiger partial charge on any atom is 0.273 e. The van der Waals surface area contributed by atoms with Gasteiger partial charge in [-0.3, -0.25) is 0 Å². The highest BCUT2D eigenvalue weighted by molar-refractivity contribution is 9.11. The average molecular weight is 883 g/mol. The molecule has 10 nitrogen and oxygen atoms in total. The Hall–Kier alpha value is -3.28. The number of anilines is 2. The molecule has 0 aliphatic heterocycles. The van der Waals surface area contributed by atoms with Crippen LogP contribution in [-0.4, -0.2) is 27.1 Å². The van der Waals surface area contributed by atoms with Gasteiger partial charge in [-0.2, -0.15) is 0 Å². The summed E-state index contributed by atoms with van der Waals surface area (Å²) in [6, 6.07) is 23.1. The van der Waals surface area contributed by atoms with Crippen LogP contribution in [0.1, 0.15) is 62.0 Å². The fraction of sp³-hybridized carbons (Fsp3) is 0.235. The van der Waals surface area contributed by atoms with Gasteiger partial charge in [-0.25, -0.2) is 26.3 Å². The molecule has 4 heterocycles. The van der Waals surface area contributed by atoms with Crippen molar-refractivity contribution in [1.82, 2.24) is 10.3 Å². The van der Waals surface area contributed by atoms with Crippen LogP contribution in [-0.2, 0) is 20.0 Å². The predicted octanol–water partition coefficient (Wildman–Crippen LogP) is 10.8. The molecule has 0 aliphatic carbocycles. The van der Waals surface area contributed by atoms with Crippen molar-refractivity contribution in [2.24, 2.45) is 0 Å². The Kier molecular flexibility index (Phi) is 11.8. The summed E-state index contributed by atoms with van der Waals surface area (Å²) in [4.78, 5) is 1.78. The molecule has 2 aromatic carbocycles. The number of halogens is 2. The number of aryl methyl sites for hydroxylation is 2. The van der Waals surface area contributed by atoms with E-state index in [2.05, 4.69) is 104 Å². The number of thiophene rings is 2. The summed E-state index contributed by atoms with van der Waals surface area (Å²) < 4.78 is 66.4. The quantitative estimate of drug-likeness (QED) is 0.138. The molecule has 6 aromatic rings. The Morgan fingerprint density at radius 3 is 1.20 bits per heavy atom. The monoisotopic (exact) mass is 880 g/mol. The topological polar surface area (TPSA) is 144 Å². The molecule has 264 valence electrons. The summed E-state index contributed by atoms with van der Waals surface area (Å²) >= 11 is 8.93. The Balaban J connectivity index is 0.000000194. The average Bonchev–Trinajstić information content (AvgIpc) is 3.90. The fourth-order valence-corrected chi connectivity index (χ4v) is 9.86. The minimum atomic E-state index is -3.73. The van der Waals surface area contributed by atoms with E-state index in [-0.39, 0.29) is 20.2 Å². The van der Waals surface area contributed by atoms with E-state index < -0.39 is 20.0 Å². The van der Waals surface area contributed by atoms with Crippen LogP contribution >= 0.6 is 54.5 Å². The first kappa shape index (κ1) is 38.0. The molecule has 0 saturated heterocycles. The van der Waals surface area contributed by atoms with E-state index in [4.69, 9.17) is 9.05 Å². The second-order valence-electron chi connectivity index (χ2n) is 11.8. The molecule has 0 bridgehead atoms. The SMILES string of the molecule is Cc1noc(NS(=O)(=O)c2ccc(-c3ccc(C(C)C)cc3)s2)c1Br.Cc1noc(NS(=O)(=O)c2ccc(-c3ccc(C(C)C)cc3)s2)c1Br. The summed E-state index contributed by atoms with van der Waals surface area (Å²) in [5, 5.41) is 7.45. The van der Waals surface area contributed by atoms with Crippen molar-refractivity contribution in [2.45, 2.75) is 61.8 Å². The zero-order chi connectivity index (χ0) is 36.4. The lowest BCUT2D eigenvalue weighted by Crippen LogP contribution is -2.11. The summed E-state index contributed by atoms with van der Waals surface area (Å²) in [6.07, 6.45) is 0. The molecule has 0 spiro atoms. The third kappa shape index (κ3) is 8.77. The highest BCUT2D eigenvalue weighted by Gasteiger charge is 2.23. The zero-order valence-electron chi connectivity index (χ0n) is 27.8. The van der Waals surface area contributed by atoms with Gasteiger partial charge in [-0.05, 0) is 104 Å². The Labute approximate surface area is 316 Å². The molecule has 2 N–H and O–H groups in total. The second kappa shape index (κ2) is 15.5. The van der Waals surface area contributed by atoms with Gasteiger partial charge in [-0.1, -0.05) is 86.5 Å². The molecular formula is C34H34Br2N4O6S4. The van der Waals surface area contributed by atoms with E-state index >= 15 is 0 Å². The van der Waals surface area contributed by atoms with Gasteiger partial charge in [0, 0.05) is 9.75 Å². The van der Waals surface area contributed by atoms with E-state index in [0.717, 1.165) is 20.9 Å². The van der Waals surface area contributed by atoms with Gasteiger partial charge in [0.1, 0.15) is 17.4 Å². The van der Waals surface area contributed by atoms with Gasteiger partial charge in [0.05, 0.1) is 11.4 Å². The molecule has 0 saturated carbocycles. The van der Waals surface area contributed by atoms with Crippen molar-refractivity contribution in [3.8, 4) is 20.9 Å². The Morgan fingerprint density at radius 1 is 0.580 bits per heavy atom. The van der Waals surface area contributed by atoms with Crippen LogP contribution in [0, 0.1) is 13.8 Å². The molecule has 0 fully saturated rings. The summed E-state index contributed by atoms with van der Waals surface area (Å²) in [6.45, 7) is 12.0. The molecule has 50 heavy (non-hydrogen) atoms. The Morgan fingerprint density at radius 2 is 0.920 bits per heavy atom. The number of sulfonamides is 2. The summed E-state index contributed by atoms with van der Waals surface area (Å²) in [5.74, 6) is 1.07. The summed E-state index contributed by atoms with van der Waals surface area (Å²) in [5.41, 5.74) is 5.64. The lowest BCUT2D eigenvalue weighted by molar-refractivity contribution is 0.430. The minimum Gasteiger partial charge on any atom is -0.336 e. The van der Waals surface area contributed by atoms with Crippen LogP contribution in [0.4, 0.5) is 11.8 Å². The first-order chi connectivity index (χ1) is 23.6. The van der Waals surface area contributed by atoms with Gasteiger partial charge < -0.3 is 9.05 Å². The van der Waals surface area contributed by atoms with Crippen LogP contribution in [0.15, 0.2) is 99.2 Å². The molecule has 0 amide bonds. The first-order valence-corrected chi connectivity index (χ1v) is 21.4. The smallest absolute Gasteiger partial charge is 0.273 e. The van der Waals surface area contributed by atoms with Gasteiger partial charge in [-0.15, -0.1) is 22.7 Å². The van der Waals surface area contributed by atoms with Crippen molar-refractivity contribution < 1.29 is 25.9 Å². The number of hydrogen-bond acceptors (Lipinski definition) is 10. The Bertz CT molecular complexity index is 2140. The third-order valence-electron chi connectivity index (χ3n) is 7.45. The molecule has 0 atom stereocenters. The number of benzene rings is 2.